The molecule has 0 saturated heterocycles. The molecule has 1 aromatic carbocycles. The third-order valence-corrected chi connectivity index (χ3v) is 3.48. The van der Waals surface area contributed by atoms with Crippen LogP contribution in [0.3, 0.4) is 0 Å². The first-order valence-corrected chi connectivity index (χ1v) is 6.41. The number of aryl methyl sites for hydroxylation is 2. The Labute approximate surface area is 105 Å². The van der Waals surface area contributed by atoms with Crippen molar-refractivity contribution in [2.75, 3.05) is 20.7 Å². The van der Waals surface area contributed by atoms with Crippen LogP contribution in [0.2, 0.25) is 0 Å². The molecule has 1 rings (SSSR count). The summed E-state index contributed by atoms with van der Waals surface area (Å²) in [5, 5.41) is 3.26. The third kappa shape index (κ3) is 3.74. The number of rotatable bonds is 6. The van der Waals surface area contributed by atoms with Crippen LogP contribution in [0.4, 0.5) is 0 Å². The van der Waals surface area contributed by atoms with E-state index in [9.17, 15) is 0 Å². The molecule has 0 aliphatic carbocycles. The molecule has 0 spiro atoms. The largest absolute Gasteiger partial charge is 0.496 e. The number of hydrogen-bond donors (Lipinski definition) is 1. The second kappa shape index (κ2) is 6.65. The van der Waals surface area contributed by atoms with Crippen molar-refractivity contribution in [1.82, 2.24) is 5.32 Å². The summed E-state index contributed by atoms with van der Waals surface area (Å²) in [6.45, 7) is 7.60. The summed E-state index contributed by atoms with van der Waals surface area (Å²) < 4.78 is 5.48. The predicted molar refractivity (Wildman–Crippen MR) is 73.9 cm³/mol. The predicted octanol–water partition coefficient (Wildman–Crippen LogP) is 3.10. The Balaban J connectivity index is 2.91. The van der Waals surface area contributed by atoms with Gasteiger partial charge in [0.1, 0.15) is 5.75 Å². The number of hydrogen-bond acceptors (Lipinski definition) is 2. The number of benzene rings is 1. The van der Waals surface area contributed by atoms with Crippen LogP contribution in [0.5, 0.6) is 5.75 Å². The van der Waals surface area contributed by atoms with Crippen LogP contribution in [0, 0.1) is 19.8 Å². The van der Waals surface area contributed by atoms with Crippen molar-refractivity contribution in [1.29, 1.82) is 0 Å². The molecule has 1 unspecified atom stereocenters. The fourth-order valence-corrected chi connectivity index (χ4v) is 2.16. The van der Waals surface area contributed by atoms with Gasteiger partial charge in [-0.3, -0.25) is 0 Å². The maximum absolute atomic E-state index is 5.48. The van der Waals surface area contributed by atoms with E-state index in [1.807, 2.05) is 7.05 Å². The molecule has 2 heteroatoms. The van der Waals surface area contributed by atoms with E-state index in [1.165, 1.54) is 23.1 Å². The molecule has 0 aliphatic rings. The van der Waals surface area contributed by atoms with Gasteiger partial charge in [-0.1, -0.05) is 19.4 Å². The highest BCUT2D eigenvalue weighted by molar-refractivity contribution is 5.42. The van der Waals surface area contributed by atoms with E-state index >= 15 is 0 Å². The summed E-state index contributed by atoms with van der Waals surface area (Å²) in [4.78, 5) is 0. The van der Waals surface area contributed by atoms with Gasteiger partial charge in [-0.15, -0.1) is 0 Å². The Morgan fingerprint density at radius 3 is 2.41 bits per heavy atom. The van der Waals surface area contributed by atoms with Gasteiger partial charge in [0.05, 0.1) is 7.11 Å². The van der Waals surface area contributed by atoms with E-state index in [2.05, 4.69) is 38.2 Å². The molecule has 1 aromatic rings. The summed E-state index contributed by atoms with van der Waals surface area (Å²) in [6.07, 6.45) is 2.28. The first-order valence-electron chi connectivity index (χ1n) is 6.41. The van der Waals surface area contributed by atoms with Crippen LogP contribution in [-0.4, -0.2) is 20.7 Å². The van der Waals surface area contributed by atoms with Crippen LogP contribution in [0.25, 0.3) is 0 Å². The third-order valence-electron chi connectivity index (χ3n) is 3.48. The molecule has 1 atom stereocenters. The number of ether oxygens (including phenoxy) is 1. The zero-order valence-electron chi connectivity index (χ0n) is 11.8. The van der Waals surface area contributed by atoms with Crippen LogP contribution < -0.4 is 10.1 Å². The number of nitrogens with one attached hydrogen (secondary N) is 1. The fourth-order valence-electron chi connectivity index (χ4n) is 2.16. The van der Waals surface area contributed by atoms with Gasteiger partial charge in [0.15, 0.2) is 0 Å². The lowest BCUT2D eigenvalue weighted by Crippen LogP contribution is -2.20. The van der Waals surface area contributed by atoms with Crippen molar-refractivity contribution in [3.63, 3.8) is 0 Å². The molecule has 0 bridgehead atoms. The summed E-state index contributed by atoms with van der Waals surface area (Å²) in [6, 6.07) is 4.42. The van der Waals surface area contributed by atoms with Crippen molar-refractivity contribution in [2.45, 2.75) is 33.6 Å². The normalized spacial score (nSPS) is 12.5. The molecular weight excluding hydrogens is 210 g/mol. The zero-order chi connectivity index (χ0) is 12.8. The van der Waals surface area contributed by atoms with E-state index in [1.54, 1.807) is 7.11 Å². The Hall–Kier alpha value is -1.02. The molecule has 0 amide bonds. The van der Waals surface area contributed by atoms with E-state index in [0.29, 0.717) is 5.92 Å². The molecule has 0 saturated carbocycles. The smallest absolute Gasteiger partial charge is 0.122 e. The first-order chi connectivity index (χ1) is 8.12. The van der Waals surface area contributed by atoms with Gasteiger partial charge < -0.3 is 10.1 Å². The van der Waals surface area contributed by atoms with Gasteiger partial charge in [0.2, 0.25) is 0 Å². The second-order valence-corrected chi connectivity index (χ2v) is 4.78. The van der Waals surface area contributed by atoms with Crippen molar-refractivity contribution < 1.29 is 4.74 Å². The summed E-state index contributed by atoms with van der Waals surface area (Å²) in [7, 11) is 3.77. The molecule has 1 N–H and O–H groups in total. The van der Waals surface area contributed by atoms with Gasteiger partial charge in [-0.05, 0) is 62.5 Å². The molecule has 0 fully saturated rings. The SMILES string of the molecule is CCC(CNC)Cc1cc(C)c(C)cc1OC. The highest BCUT2D eigenvalue weighted by atomic mass is 16.5. The lowest BCUT2D eigenvalue weighted by Gasteiger charge is -2.17. The quantitative estimate of drug-likeness (QED) is 0.818. The molecule has 0 radical (unpaired) electrons. The van der Waals surface area contributed by atoms with E-state index in [4.69, 9.17) is 4.74 Å². The van der Waals surface area contributed by atoms with Crippen LogP contribution in [0.1, 0.15) is 30.0 Å². The monoisotopic (exact) mass is 235 g/mol. The zero-order valence-corrected chi connectivity index (χ0v) is 11.8. The fraction of sp³-hybridized carbons (Fsp3) is 0.600. The van der Waals surface area contributed by atoms with E-state index in [-0.39, 0.29) is 0 Å². The minimum absolute atomic E-state index is 0.677. The lowest BCUT2D eigenvalue weighted by atomic mass is 9.94. The minimum Gasteiger partial charge on any atom is -0.496 e. The Morgan fingerprint density at radius 2 is 1.88 bits per heavy atom. The van der Waals surface area contributed by atoms with Gasteiger partial charge in [-0.2, -0.15) is 0 Å². The van der Waals surface area contributed by atoms with Gasteiger partial charge in [0.25, 0.3) is 0 Å². The summed E-state index contributed by atoms with van der Waals surface area (Å²) >= 11 is 0. The van der Waals surface area contributed by atoms with Crippen molar-refractivity contribution in [2.24, 2.45) is 5.92 Å². The molecule has 0 aromatic heterocycles. The average Bonchev–Trinajstić information content (AvgIpc) is 2.32. The molecule has 0 aliphatic heterocycles. The van der Waals surface area contributed by atoms with Crippen molar-refractivity contribution >= 4 is 0 Å². The highest BCUT2D eigenvalue weighted by Crippen LogP contribution is 2.26. The van der Waals surface area contributed by atoms with Crippen LogP contribution in [0.15, 0.2) is 12.1 Å². The lowest BCUT2D eigenvalue weighted by molar-refractivity contribution is 0.400. The van der Waals surface area contributed by atoms with Crippen molar-refractivity contribution in [3.05, 3.63) is 28.8 Å². The van der Waals surface area contributed by atoms with E-state index in [0.717, 1.165) is 18.7 Å². The maximum atomic E-state index is 5.48. The Kier molecular flexibility index (Phi) is 5.49. The van der Waals surface area contributed by atoms with Crippen LogP contribution in [-0.2, 0) is 6.42 Å². The topological polar surface area (TPSA) is 21.3 Å². The summed E-state index contributed by atoms with van der Waals surface area (Å²) in [5.41, 5.74) is 3.98. The maximum Gasteiger partial charge on any atom is 0.122 e. The molecule has 17 heavy (non-hydrogen) atoms. The second-order valence-electron chi connectivity index (χ2n) is 4.78. The van der Waals surface area contributed by atoms with Gasteiger partial charge in [-0.25, -0.2) is 0 Å². The standard InChI is InChI=1S/C15H25NO/c1-6-13(10-16-4)9-14-7-11(2)12(3)8-15(14)17-5/h7-8,13,16H,6,9-10H2,1-5H3. The highest BCUT2D eigenvalue weighted by Gasteiger charge is 2.11. The molecular formula is C15H25NO. The summed E-state index contributed by atoms with van der Waals surface area (Å²) in [5.74, 6) is 1.71. The average molecular weight is 235 g/mol. The van der Waals surface area contributed by atoms with Gasteiger partial charge in [0, 0.05) is 0 Å². The first kappa shape index (κ1) is 14.0. The van der Waals surface area contributed by atoms with Gasteiger partial charge >= 0.3 is 0 Å². The van der Waals surface area contributed by atoms with Crippen LogP contribution >= 0.6 is 0 Å². The Morgan fingerprint density at radius 1 is 1.24 bits per heavy atom. The molecule has 96 valence electrons. The molecule has 0 heterocycles. The minimum atomic E-state index is 0.677. The Bertz CT molecular complexity index is 360. The molecule has 2 nitrogen and oxygen atoms in total. The van der Waals surface area contributed by atoms with Crippen molar-refractivity contribution in [3.8, 4) is 5.75 Å². The number of methoxy groups -OCH3 is 1. The van der Waals surface area contributed by atoms with E-state index < -0.39 is 0 Å².